The zero-order valence-corrected chi connectivity index (χ0v) is 13.2. The molecule has 2 aromatic carbocycles. The summed E-state index contributed by atoms with van der Waals surface area (Å²) in [6, 6.07) is 18.0. The minimum Gasteiger partial charge on any atom is -0.497 e. The molecule has 4 rings (SSSR count). The third-order valence-electron chi connectivity index (χ3n) is 4.06. The number of benzene rings is 2. The summed E-state index contributed by atoms with van der Waals surface area (Å²) >= 11 is 0. The first-order valence-electron chi connectivity index (χ1n) is 7.59. The highest BCUT2D eigenvalue weighted by molar-refractivity contribution is 6.03. The summed E-state index contributed by atoms with van der Waals surface area (Å²) in [5, 5.41) is 2.05. The molecule has 0 bridgehead atoms. The molecule has 0 unspecified atom stereocenters. The van der Waals surface area contributed by atoms with Crippen LogP contribution < -0.4 is 4.74 Å². The van der Waals surface area contributed by atoms with E-state index in [9.17, 15) is 0 Å². The Morgan fingerprint density at radius 2 is 1.67 bits per heavy atom. The fraction of sp³-hybridized carbons (Fsp3) is 0.0476. The van der Waals surface area contributed by atoms with E-state index in [-0.39, 0.29) is 0 Å². The van der Waals surface area contributed by atoms with Gasteiger partial charge in [0.2, 0.25) is 0 Å². The zero-order chi connectivity index (χ0) is 16.5. The van der Waals surface area contributed by atoms with Crippen LogP contribution in [0.4, 0.5) is 0 Å². The molecular weight excluding hydrogens is 296 g/mol. The molecule has 0 aliphatic heterocycles. The first kappa shape index (κ1) is 14.2. The van der Waals surface area contributed by atoms with Gasteiger partial charge in [-0.25, -0.2) is 4.98 Å². The van der Waals surface area contributed by atoms with Crippen LogP contribution in [0, 0.1) is 12.3 Å². The van der Waals surface area contributed by atoms with Gasteiger partial charge >= 0.3 is 0 Å². The standard InChI is InChI=1S/C21H14N2O/c1-3-14-12-17-5-4-16-8-11-19(23-21(16)20(17)22-13-14)15-6-9-18(24-2)10-7-15/h1,4-13H,2H3. The smallest absolute Gasteiger partial charge is 0.118 e. The van der Waals surface area contributed by atoms with Crippen LogP contribution >= 0.6 is 0 Å². The SMILES string of the molecule is C#Cc1cnc2c(ccc3ccc(-c4ccc(OC)cc4)nc32)c1. The molecule has 24 heavy (non-hydrogen) atoms. The van der Waals surface area contributed by atoms with E-state index in [0.29, 0.717) is 0 Å². The van der Waals surface area contributed by atoms with E-state index in [1.165, 1.54) is 0 Å². The Kier molecular flexibility index (Phi) is 3.36. The molecule has 0 saturated carbocycles. The molecule has 0 saturated heterocycles. The van der Waals surface area contributed by atoms with Gasteiger partial charge in [-0.2, -0.15) is 0 Å². The molecule has 4 aromatic rings. The van der Waals surface area contributed by atoms with Crippen molar-refractivity contribution in [3.05, 3.63) is 66.4 Å². The topological polar surface area (TPSA) is 35.0 Å². The van der Waals surface area contributed by atoms with E-state index in [2.05, 4.69) is 17.0 Å². The molecule has 0 radical (unpaired) electrons. The quantitative estimate of drug-likeness (QED) is 0.405. The van der Waals surface area contributed by atoms with Crippen molar-refractivity contribution in [1.29, 1.82) is 0 Å². The van der Waals surface area contributed by atoms with Crippen LogP contribution in [-0.4, -0.2) is 17.1 Å². The Morgan fingerprint density at radius 3 is 2.42 bits per heavy atom. The summed E-state index contributed by atoms with van der Waals surface area (Å²) in [6.07, 6.45) is 7.17. The van der Waals surface area contributed by atoms with Crippen LogP contribution in [-0.2, 0) is 0 Å². The normalized spacial score (nSPS) is 10.7. The molecular formula is C21H14N2O. The lowest BCUT2D eigenvalue weighted by Crippen LogP contribution is -1.90. The molecule has 0 spiro atoms. The molecule has 114 valence electrons. The van der Waals surface area contributed by atoms with Crippen molar-refractivity contribution >= 4 is 21.8 Å². The molecule has 3 heteroatoms. The second-order valence-electron chi connectivity index (χ2n) is 5.50. The van der Waals surface area contributed by atoms with Gasteiger partial charge in [0.05, 0.1) is 23.8 Å². The van der Waals surface area contributed by atoms with Gasteiger partial charge < -0.3 is 4.74 Å². The molecule has 3 nitrogen and oxygen atoms in total. The monoisotopic (exact) mass is 310 g/mol. The van der Waals surface area contributed by atoms with Gasteiger partial charge in [0.15, 0.2) is 0 Å². The summed E-state index contributed by atoms with van der Waals surface area (Å²) in [4.78, 5) is 9.35. The minimum atomic E-state index is 0.771. The number of terminal acetylenes is 1. The van der Waals surface area contributed by atoms with Gasteiger partial charge in [0.25, 0.3) is 0 Å². The first-order valence-corrected chi connectivity index (χ1v) is 7.59. The summed E-state index contributed by atoms with van der Waals surface area (Å²) < 4.78 is 5.21. The second-order valence-corrected chi connectivity index (χ2v) is 5.50. The van der Waals surface area contributed by atoms with Gasteiger partial charge in [-0.15, -0.1) is 6.42 Å². The fourth-order valence-electron chi connectivity index (χ4n) is 2.78. The van der Waals surface area contributed by atoms with Gasteiger partial charge in [0.1, 0.15) is 5.75 Å². The van der Waals surface area contributed by atoms with E-state index in [0.717, 1.165) is 44.4 Å². The second kappa shape index (κ2) is 5.68. The predicted molar refractivity (Wildman–Crippen MR) is 97.0 cm³/mol. The van der Waals surface area contributed by atoms with Crippen LogP contribution in [0.15, 0.2) is 60.8 Å². The van der Waals surface area contributed by atoms with Crippen molar-refractivity contribution in [1.82, 2.24) is 9.97 Å². The van der Waals surface area contributed by atoms with Crippen molar-refractivity contribution in [2.24, 2.45) is 0 Å². The van der Waals surface area contributed by atoms with Gasteiger partial charge in [-0.3, -0.25) is 4.98 Å². The van der Waals surface area contributed by atoms with Crippen LogP contribution in [0.3, 0.4) is 0 Å². The molecule has 0 atom stereocenters. The van der Waals surface area contributed by atoms with E-state index >= 15 is 0 Å². The number of nitrogens with zero attached hydrogens (tertiary/aromatic N) is 2. The molecule has 2 heterocycles. The third-order valence-corrected chi connectivity index (χ3v) is 4.06. The van der Waals surface area contributed by atoms with Gasteiger partial charge in [-0.1, -0.05) is 24.1 Å². The lowest BCUT2D eigenvalue weighted by Gasteiger charge is -2.07. The average Bonchev–Trinajstić information content (AvgIpc) is 2.67. The molecule has 0 fully saturated rings. The highest BCUT2D eigenvalue weighted by Crippen LogP contribution is 2.27. The highest BCUT2D eigenvalue weighted by atomic mass is 16.5. The number of fused-ring (bicyclic) bond motifs is 3. The maximum atomic E-state index is 5.46. The van der Waals surface area contributed by atoms with E-state index in [1.54, 1.807) is 13.3 Å². The molecule has 0 aliphatic carbocycles. The number of hydrogen-bond acceptors (Lipinski definition) is 3. The molecule has 0 N–H and O–H groups in total. The van der Waals surface area contributed by atoms with Crippen LogP contribution in [0.1, 0.15) is 5.56 Å². The van der Waals surface area contributed by atoms with Crippen LogP contribution in [0.2, 0.25) is 0 Å². The van der Waals surface area contributed by atoms with Crippen molar-refractivity contribution in [2.75, 3.05) is 7.11 Å². The Balaban J connectivity index is 1.92. The fourth-order valence-corrected chi connectivity index (χ4v) is 2.78. The van der Waals surface area contributed by atoms with Crippen molar-refractivity contribution < 1.29 is 4.74 Å². The predicted octanol–water partition coefficient (Wildman–Crippen LogP) is 4.44. The number of hydrogen-bond donors (Lipinski definition) is 0. The first-order chi connectivity index (χ1) is 11.8. The summed E-state index contributed by atoms with van der Waals surface area (Å²) in [7, 11) is 1.66. The lowest BCUT2D eigenvalue weighted by molar-refractivity contribution is 0.415. The Labute approximate surface area is 139 Å². The Hall–Kier alpha value is -3.38. The summed E-state index contributed by atoms with van der Waals surface area (Å²) in [6.45, 7) is 0. The van der Waals surface area contributed by atoms with Gasteiger partial charge in [0, 0.05) is 28.1 Å². The molecule has 0 amide bonds. The largest absolute Gasteiger partial charge is 0.497 e. The van der Waals surface area contributed by atoms with E-state index in [4.69, 9.17) is 16.1 Å². The van der Waals surface area contributed by atoms with Crippen LogP contribution in [0.5, 0.6) is 5.75 Å². The number of methoxy groups -OCH3 is 1. The van der Waals surface area contributed by atoms with Gasteiger partial charge in [-0.05, 0) is 36.4 Å². The number of aromatic nitrogens is 2. The maximum Gasteiger partial charge on any atom is 0.118 e. The maximum absolute atomic E-state index is 5.46. The Bertz CT molecular complexity index is 1090. The Morgan fingerprint density at radius 1 is 0.917 bits per heavy atom. The molecule has 0 aliphatic rings. The third kappa shape index (κ3) is 2.35. The van der Waals surface area contributed by atoms with Crippen molar-refractivity contribution in [3.63, 3.8) is 0 Å². The van der Waals surface area contributed by atoms with Crippen molar-refractivity contribution in [3.8, 4) is 29.4 Å². The lowest BCUT2D eigenvalue weighted by atomic mass is 10.1. The van der Waals surface area contributed by atoms with E-state index < -0.39 is 0 Å². The van der Waals surface area contributed by atoms with Crippen LogP contribution in [0.25, 0.3) is 33.1 Å². The van der Waals surface area contributed by atoms with Crippen molar-refractivity contribution in [2.45, 2.75) is 0 Å². The summed E-state index contributed by atoms with van der Waals surface area (Å²) in [5.41, 5.74) is 4.45. The van der Waals surface area contributed by atoms with E-state index in [1.807, 2.05) is 48.5 Å². The number of rotatable bonds is 2. The summed E-state index contributed by atoms with van der Waals surface area (Å²) in [5.74, 6) is 3.45. The number of ether oxygens (including phenoxy) is 1. The minimum absolute atomic E-state index is 0.771. The zero-order valence-electron chi connectivity index (χ0n) is 13.2. The number of pyridine rings is 2. The highest BCUT2D eigenvalue weighted by Gasteiger charge is 2.07. The average molecular weight is 310 g/mol. The molecule has 2 aromatic heterocycles.